The second kappa shape index (κ2) is 4.71. The highest BCUT2D eigenvalue weighted by molar-refractivity contribution is 5.79. The van der Waals surface area contributed by atoms with E-state index in [0.29, 0.717) is 0 Å². The molecule has 3 N–H and O–H groups in total. The van der Waals surface area contributed by atoms with Crippen molar-refractivity contribution in [2.45, 2.75) is 12.5 Å². The number of amides is 1. The van der Waals surface area contributed by atoms with Gasteiger partial charge in [-0.2, -0.15) is 0 Å². The lowest BCUT2D eigenvalue weighted by Gasteiger charge is -2.35. The molecule has 1 aliphatic heterocycles. The van der Waals surface area contributed by atoms with Gasteiger partial charge in [0.15, 0.2) is 0 Å². The molecule has 0 aromatic heterocycles. The van der Waals surface area contributed by atoms with Crippen LogP contribution in [-0.4, -0.2) is 37.0 Å². The molecule has 0 bridgehead atoms. The zero-order valence-electron chi connectivity index (χ0n) is 10.4. The number of primary amides is 1. The lowest BCUT2D eigenvalue weighted by molar-refractivity contribution is -0.123. The number of nitrogens with two attached hydrogens (primary N) is 1. The number of nitrogens with zero attached hydrogens (tertiary/aromatic N) is 1. The Morgan fingerprint density at radius 1 is 1.28 bits per heavy atom. The fourth-order valence-electron chi connectivity index (χ4n) is 3.24. The van der Waals surface area contributed by atoms with Crippen molar-refractivity contribution in [3.05, 3.63) is 35.4 Å². The number of hydrogen-bond donors (Lipinski definition) is 2. The number of piperazine rings is 1. The molecule has 4 heteroatoms. The second-order valence-electron chi connectivity index (χ2n) is 5.14. The maximum atomic E-state index is 11.7. The van der Waals surface area contributed by atoms with Gasteiger partial charge in [0.05, 0.1) is 5.92 Å². The number of benzene rings is 1. The largest absolute Gasteiger partial charge is 0.369 e. The minimum atomic E-state index is -0.172. The molecule has 18 heavy (non-hydrogen) atoms. The van der Waals surface area contributed by atoms with Crippen molar-refractivity contribution >= 4 is 5.91 Å². The van der Waals surface area contributed by atoms with Crippen molar-refractivity contribution in [2.75, 3.05) is 26.2 Å². The van der Waals surface area contributed by atoms with Crippen LogP contribution in [-0.2, 0) is 11.2 Å². The van der Waals surface area contributed by atoms with Crippen LogP contribution in [0.1, 0.15) is 17.2 Å². The molecule has 0 spiro atoms. The van der Waals surface area contributed by atoms with Gasteiger partial charge in [0.2, 0.25) is 5.91 Å². The predicted molar refractivity (Wildman–Crippen MR) is 70.0 cm³/mol. The fourth-order valence-corrected chi connectivity index (χ4v) is 3.24. The summed E-state index contributed by atoms with van der Waals surface area (Å²) in [6.45, 7) is 3.96. The molecule has 1 aromatic carbocycles. The van der Waals surface area contributed by atoms with Crippen LogP contribution in [0.25, 0.3) is 0 Å². The summed E-state index contributed by atoms with van der Waals surface area (Å²) in [5, 5.41) is 3.35. The first-order chi connectivity index (χ1) is 8.77. The third-order valence-corrected chi connectivity index (χ3v) is 4.11. The Kier molecular flexibility index (Phi) is 3.06. The zero-order chi connectivity index (χ0) is 12.5. The van der Waals surface area contributed by atoms with E-state index in [9.17, 15) is 4.79 Å². The number of carbonyl (C=O) groups excluding carboxylic acids is 1. The van der Waals surface area contributed by atoms with Gasteiger partial charge in [0, 0.05) is 32.2 Å². The van der Waals surface area contributed by atoms with Crippen molar-refractivity contribution < 1.29 is 4.79 Å². The van der Waals surface area contributed by atoms with Gasteiger partial charge >= 0.3 is 0 Å². The van der Waals surface area contributed by atoms with Gasteiger partial charge < -0.3 is 11.1 Å². The van der Waals surface area contributed by atoms with Gasteiger partial charge in [-0.3, -0.25) is 9.69 Å². The Labute approximate surface area is 107 Å². The Morgan fingerprint density at radius 2 is 2.00 bits per heavy atom. The Morgan fingerprint density at radius 3 is 2.72 bits per heavy atom. The molecule has 1 aromatic rings. The van der Waals surface area contributed by atoms with E-state index in [4.69, 9.17) is 5.73 Å². The number of fused-ring (bicyclic) bond motifs is 1. The molecule has 96 valence electrons. The highest BCUT2D eigenvalue weighted by Crippen LogP contribution is 2.40. The summed E-state index contributed by atoms with van der Waals surface area (Å²) in [5.74, 6) is -0.241. The summed E-state index contributed by atoms with van der Waals surface area (Å²) in [4.78, 5) is 14.1. The van der Waals surface area contributed by atoms with E-state index >= 15 is 0 Å². The molecule has 1 heterocycles. The van der Waals surface area contributed by atoms with Gasteiger partial charge in [0.1, 0.15) is 0 Å². The molecule has 0 radical (unpaired) electrons. The number of carbonyl (C=O) groups is 1. The van der Waals surface area contributed by atoms with Crippen molar-refractivity contribution in [2.24, 2.45) is 11.7 Å². The molecule has 1 saturated heterocycles. The smallest absolute Gasteiger partial charge is 0.222 e. The monoisotopic (exact) mass is 245 g/mol. The van der Waals surface area contributed by atoms with Crippen LogP contribution < -0.4 is 11.1 Å². The number of rotatable bonds is 2. The van der Waals surface area contributed by atoms with Crippen LogP contribution in [0.2, 0.25) is 0 Å². The van der Waals surface area contributed by atoms with Gasteiger partial charge in [-0.05, 0) is 17.5 Å². The third-order valence-electron chi connectivity index (χ3n) is 4.11. The topological polar surface area (TPSA) is 58.4 Å². The Hall–Kier alpha value is -1.39. The fraction of sp³-hybridized carbons (Fsp3) is 0.500. The average molecular weight is 245 g/mol. The molecule has 0 saturated carbocycles. The maximum absolute atomic E-state index is 11.7. The standard InChI is InChI=1S/C14H19N3O/c15-14(18)12-9-10-3-1-2-4-11(10)13(12)17-7-5-16-6-8-17/h1-4,12-13,16H,5-9H2,(H2,15,18). The minimum absolute atomic E-state index is 0.0690. The number of hydrogen-bond acceptors (Lipinski definition) is 3. The first-order valence-electron chi connectivity index (χ1n) is 6.59. The van der Waals surface area contributed by atoms with Crippen LogP contribution in [0.15, 0.2) is 24.3 Å². The van der Waals surface area contributed by atoms with Crippen LogP contribution in [0.3, 0.4) is 0 Å². The van der Waals surface area contributed by atoms with E-state index in [-0.39, 0.29) is 17.9 Å². The van der Waals surface area contributed by atoms with E-state index in [1.54, 1.807) is 0 Å². The van der Waals surface area contributed by atoms with Crippen molar-refractivity contribution in [3.63, 3.8) is 0 Å². The van der Waals surface area contributed by atoms with E-state index < -0.39 is 0 Å². The molecular weight excluding hydrogens is 226 g/mol. The van der Waals surface area contributed by atoms with E-state index in [1.165, 1.54) is 11.1 Å². The first kappa shape index (κ1) is 11.7. The summed E-state index contributed by atoms with van der Waals surface area (Å²) in [7, 11) is 0. The van der Waals surface area contributed by atoms with Gasteiger partial charge in [0.25, 0.3) is 0 Å². The Bertz CT molecular complexity index is 454. The maximum Gasteiger partial charge on any atom is 0.222 e. The van der Waals surface area contributed by atoms with Crippen LogP contribution in [0.5, 0.6) is 0 Å². The first-order valence-corrected chi connectivity index (χ1v) is 6.59. The SMILES string of the molecule is NC(=O)C1Cc2ccccc2C1N1CCNCC1. The third kappa shape index (κ3) is 1.91. The molecule has 1 fully saturated rings. The highest BCUT2D eigenvalue weighted by Gasteiger charge is 2.39. The summed E-state index contributed by atoms with van der Waals surface area (Å²) in [6.07, 6.45) is 0.792. The molecule has 2 unspecified atom stereocenters. The quantitative estimate of drug-likeness (QED) is 0.787. The molecule has 2 atom stereocenters. The van der Waals surface area contributed by atoms with Gasteiger partial charge in [-0.25, -0.2) is 0 Å². The minimum Gasteiger partial charge on any atom is -0.369 e. The molecule has 4 nitrogen and oxygen atoms in total. The summed E-state index contributed by atoms with van der Waals surface area (Å²) in [5.41, 5.74) is 8.17. The van der Waals surface area contributed by atoms with Crippen LogP contribution in [0, 0.1) is 5.92 Å². The normalized spacial score (nSPS) is 28.0. The van der Waals surface area contributed by atoms with E-state index in [1.807, 2.05) is 6.07 Å². The molecule has 2 aliphatic rings. The number of nitrogens with one attached hydrogen (secondary N) is 1. The molecular formula is C14H19N3O. The van der Waals surface area contributed by atoms with Crippen LogP contribution in [0.4, 0.5) is 0 Å². The van der Waals surface area contributed by atoms with Crippen molar-refractivity contribution in [3.8, 4) is 0 Å². The summed E-state index contributed by atoms with van der Waals surface area (Å²) in [6, 6.07) is 8.54. The van der Waals surface area contributed by atoms with Gasteiger partial charge in [-0.1, -0.05) is 24.3 Å². The van der Waals surface area contributed by atoms with Crippen molar-refractivity contribution in [1.29, 1.82) is 0 Å². The average Bonchev–Trinajstić information content (AvgIpc) is 2.79. The van der Waals surface area contributed by atoms with E-state index in [0.717, 1.165) is 32.6 Å². The molecule has 1 aliphatic carbocycles. The van der Waals surface area contributed by atoms with Crippen molar-refractivity contribution in [1.82, 2.24) is 10.2 Å². The Balaban J connectivity index is 1.94. The predicted octanol–water partition coefficient (Wildman–Crippen LogP) is 0.290. The zero-order valence-corrected chi connectivity index (χ0v) is 10.4. The van der Waals surface area contributed by atoms with Crippen LogP contribution >= 0.6 is 0 Å². The lowest BCUT2D eigenvalue weighted by Crippen LogP contribution is -2.47. The molecule has 1 amide bonds. The second-order valence-corrected chi connectivity index (χ2v) is 5.14. The summed E-state index contributed by atoms with van der Waals surface area (Å²) >= 11 is 0. The highest BCUT2D eigenvalue weighted by atomic mass is 16.1. The molecule has 3 rings (SSSR count). The van der Waals surface area contributed by atoms with Gasteiger partial charge in [-0.15, -0.1) is 0 Å². The lowest BCUT2D eigenvalue weighted by atomic mass is 9.97. The summed E-state index contributed by atoms with van der Waals surface area (Å²) < 4.78 is 0. The van der Waals surface area contributed by atoms with E-state index in [2.05, 4.69) is 28.4 Å².